The Bertz CT molecular complexity index is 717. The first-order valence-electron chi connectivity index (χ1n) is 7.54. The Morgan fingerprint density at radius 3 is 2.57 bits per heavy atom. The summed E-state index contributed by atoms with van der Waals surface area (Å²) in [6.07, 6.45) is 5.52. The number of hydrogen-bond acceptors (Lipinski definition) is 3. The van der Waals surface area contributed by atoms with Crippen molar-refractivity contribution >= 4 is 27.4 Å². The molecular formula is C16H20BrN3O. The first kappa shape index (κ1) is 14.6. The van der Waals surface area contributed by atoms with E-state index in [1.165, 1.54) is 19.3 Å². The highest BCUT2D eigenvalue weighted by molar-refractivity contribution is 9.10. The van der Waals surface area contributed by atoms with Crippen LogP contribution in [0.4, 0.5) is 5.82 Å². The Morgan fingerprint density at radius 2 is 1.90 bits per heavy atom. The molecule has 1 fully saturated rings. The van der Waals surface area contributed by atoms with Crippen molar-refractivity contribution in [3.05, 3.63) is 38.7 Å². The largest absolute Gasteiger partial charge is 0.356 e. The average molecular weight is 350 g/mol. The van der Waals surface area contributed by atoms with E-state index in [0.29, 0.717) is 11.6 Å². The zero-order valence-corrected chi connectivity index (χ0v) is 14.1. The fraction of sp³-hybridized carbons (Fsp3) is 0.500. The summed E-state index contributed by atoms with van der Waals surface area (Å²) in [6.45, 7) is 6.22. The summed E-state index contributed by atoms with van der Waals surface area (Å²) in [6, 6.07) is 3.72. The standard InChI is InChI=1S/C16H20BrN3O/c1-11(2)12-8-13(17)16-18-14(9-15(21)20(16)10-12)19-6-4-3-5-7-19/h8-11H,3-7H2,1-2H3. The second-order valence-corrected chi connectivity index (χ2v) is 6.82. The number of fused-ring (bicyclic) bond motifs is 1. The van der Waals surface area contributed by atoms with Gasteiger partial charge in [0.1, 0.15) is 5.82 Å². The summed E-state index contributed by atoms with van der Waals surface area (Å²) in [5.41, 5.74) is 1.82. The van der Waals surface area contributed by atoms with Gasteiger partial charge in [-0.15, -0.1) is 0 Å². The number of piperidine rings is 1. The molecule has 0 radical (unpaired) electrons. The van der Waals surface area contributed by atoms with Crippen molar-refractivity contribution in [2.24, 2.45) is 0 Å². The molecule has 0 bridgehead atoms. The van der Waals surface area contributed by atoms with Gasteiger partial charge in [-0.3, -0.25) is 9.20 Å². The van der Waals surface area contributed by atoms with E-state index in [1.807, 2.05) is 6.20 Å². The SMILES string of the molecule is CC(C)c1cc(Br)c2nc(N3CCCCC3)cc(=O)n2c1. The molecule has 0 amide bonds. The first-order valence-corrected chi connectivity index (χ1v) is 8.33. The molecule has 0 atom stereocenters. The summed E-state index contributed by atoms with van der Waals surface area (Å²) in [5.74, 6) is 1.18. The van der Waals surface area contributed by atoms with Crippen LogP contribution in [0, 0.1) is 0 Å². The quantitative estimate of drug-likeness (QED) is 0.831. The third kappa shape index (κ3) is 2.84. The average Bonchev–Trinajstić information content (AvgIpc) is 2.48. The fourth-order valence-electron chi connectivity index (χ4n) is 2.77. The van der Waals surface area contributed by atoms with E-state index in [1.54, 1.807) is 10.5 Å². The van der Waals surface area contributed by atoms with Crippen LogP contribution >= 0.6 is 15.9 Å². The van der Waals surface area contributed by atoms with Gasteiger partial charge in [0.15, 0.2) is 5.65 Å². The minimum absolute atomic E-state index is 0.0104. The molecule has 0 N–H and O–H groups in total. The molecule has 0 aromatic carbocycles. The van der Waals surface area contributed by atoms with Gasteiger partial charge in [-0.1, -0.05) is 13.8 Å². The maximum absolute atomic E-state index is 12.4. The number of anilines is 1. The van der Waals surface area contributed by atoms with Crippen LogP contribution in [-0.2, 0) is 0 Å². The van der Waals surface area contributed by atoms with Gasteiger partial charge in [0, 0.05) is 25.4 Å². The Hall–Kier alpha value is -1.36. The molecule has 21 heavy (non-hydrogen) atoms. The maximum Gasteiger partial charge on any atom is 0.259 e. The van der Waals surface area contributed by atoms with Crippen molar-refractivity contribution < 1.29 is 0 Å². The number of halogens is 1. The van der Waals surface area contributed by atoms with E-state index in [-0.39, 0.29) is 5.56 Å². The molecular weight excluding hydrogens is 330 g/mol. The molecule has 4 nitrogen and oxygen atoms in total. The minimum atomic E-state index is -0.0104. The number of aromatic nitrogens is 2. The Kier molecular flexibility index (Phi) is 4.02. The molecule has 0 saturated carbocycles. The normalized spacial score (nSPS) is 15.9. The summed E-state index contributed by atoms with van der Waals surface area (Å²) >= 11 is 3.57. The van der Waals surface area contributed by atoms with Gasteiger partial charge in [-0.05, 0) is 52.7 Å². The third-order valence-electron chi connectivity index (χ3n) is 4.07. The molecule has 0 aliphatic carbocycles. The van der Waals surface area contributed by atoms with E-state index in [9.17, 15) is 4.79 Å². The van der Waals surface area contributed by atoms with E-state index < -0.39 is 0 Å². The fourth-order valence-corrected chi connectivity index (χ4v) is 3.31. The monoisotopic (exact) mass is 349 g/mol. The predicted molar refractivity (Wildman–Crippen MR) is 89.3 cm³/mol. The number of hydrogen-bond donors (Lipinski definition) is 0. The van der Waals surface area contributed by atoms with Crippen LogP contribution in [0.2, 0.25) is 0 Å². The summed E-state index contributed by atoms with van der Waals surface area (Å²) < 4.78 is 2.53. The van der Waals surface area contributed by atoms with Crippen LogP contribution in [-0.4, -0.2) is 22.5 Å². The lowest BCUT2D eigenvalue weighted by Crippen LogP contribution is -2.31. The smallest absolute Gasteiger partial charge is 0.259 e. The molecule has 2 aromatic rings. The van der Waals surface area contributed by atoms with Gasteiger partial charge in [-0.25, -0.2) is 4.98 Å². The Labute approximate surface area is 132 Å². The summed E-state index contributed by atoms with van der Waals surface area (Å²) in [7, 11) is 0. The molecule has 5 heteroatoms. The van der Waals surface area contributed by atoms with Gasteiger partial charge in [0.25, 0.3) is 5.56 Å². The van der Waals surface area contributed by atoms with Crippen molar-refractivity contribution in [3.8, 4) is 0 Å². The third-order valence-corrected chi connectivity index (χ3v) is 4.65. The lowest BCUT2D eigenvalue weighted by Gasteiger charge is -2.27. The lowest BCUT2D eigenvalue weighted by molar-refractivity contribution is 0.573. The second kappa shape index (κ2) is 5.79. The van der Waals surface area contributed by atoms with E-state index >= 15 is 0 Å². The van der Waals surface area contributed by atoms with Gasteiger partial charge in [0.05, 0.1) is 4.47 Å². The molecule has 1 aliphatic heterocycles. The molecule has 0 spiro atoms. The predicted octanol–water partition coefficient (Wildman–Crippen LogP) is 3.57. The molecule has 3 rings (SSSR count). The van der Waals surface area contributed by atoms with Crippen molar-refractivity contribution in [2.75, 3.05) is 18.0 Å². The molecule has 112 valence electrons. The Morgan fingerprint density at radius 1 is 1.19 bits per heavy atom. The summed E-state index contributed by atoms with van der Waals surface area (Å²) in [4.78, 5) is 19.4. The van der Waals surface area contributed by atoms with Crippen molar-refractivity contribution in [1.29, 1.82) is 0 Å². The van der Waals surface area contributed by atoms with Gasteiger partial charge < -0.3 is 4.90 Å². The number of pyridine rings is 1. The zero-order chi connectivity index (χ0) is 15.0. The van der Waals surface area contributed by atoms with E-state index in [2.05, 4.69) is 40.7 Å². The maximum atomic E-state index is 12.4. The van der Waals surface area contributed by atoms with Crippen molar-refractivity contribution in [2.45, 2.75) is 39.0 Å². The van der Waals surface area contributed by atoms with Gasteiger partial charge >= 0.3 is 0 Å². The van der Waals surface area contributed by atoms with Gasteiger partial charge in [-0.2, -0.15) is 0 Å². The second-order valence-electron chi connectivity index (χ2n) is 5.97. The van der Waals surface area contributed by atoms with Crippen LogP contribution in [0.15, 0.2) is 27.6 Å². The van der Waals surface area contributed by atoms with Crippen LogP contribution in [0.25, 0.3) is 5.65 Å². The highest BCUT2D eigenvalue weighted by Gasteiger charge is 2.15. The zero-order valence-electron chi connectivity index (χ0n) is 12.5. The van der Waals surface area contributed by atoms with E-state index in [4.69, 9.17) is 4.98 Å². The number of rotatable bonds is 2. The van der Waals surface area contributed by atoms with Crippen molar-refractivity contribution in [3.63, 3.8) is 0 Å². The van der Waals surface area contributed by atoms with Crippen LogP contribution in [0.5, 0.6) is 0 Å². The molecule has 0 unspecified atom stereocenters. The molecule has 3 heterocycles. The Balaban J connectivity index is 2.13. The lowest BCUT2D eigenvalue weighted by atomic mass is 10.1. The van der Waals surface area contributed by atoms with Crippen LogP contribution in [0.3, 0.4) is 0 Å². The summed E-state index contributed by atoms with van der Waals surface area (Å²) in [5, 5.41) is 0. The highest BCUT2D eigenvalue weighted by Crippen LogP contribution is 2.24. The minimum Gasteiger partial charge on any atom is -0.356 e. The van der Waals surface area contributed by atoms with E-state index in [0.717, 1.165) is 28.9 Å². The van der Waals surface area contributed by atoms with Gasteiger partial charge in [0.2, 0.25) is 0 Å². The highest BCUT2D eigenvalue weighted by atomic mass is 79.9. The van der Waals surface area contributed by atoms with Crippen LogP contribution in [0.1, 0.15) is 44.6 Å². The molecule has 2 aromatic heterocycles. The molecule has 1 saturated heterocycles. The topological polar surface area (TPSA) is 37.6 Å². The first-order chi connectivity index (χ1) is 10.1. The van der Waals surface area contributed by atoms with Crippen molar-refractivity contribution in [1.82, 2.24) is 9.38 Å². The van der Waals surface area contributed by atoms with Crippen LogP contribution < -0.4 is 10.5 Å². The number of nitrogens with zero attached hydrogens (tertiary/aromatic N) is 3. The molecule has 1 aliphatic rings.